The fourth-order valence-corrected chi connectivity index (χ4v) is 5.44. The van der Waals surface area contributed by atoms with E-state index in [-0.39, 0.29) is 11.8 Å². The highest BCUT2D eigenvalue weighted by molar-refractivity contribution is 7.10. The molecule has 1 aromatic carbocycles. The van der Waals surface area contributed by atoms with E-state index in [1.807, 2.05) is 28.5 Å². The van der Waals surface area contributed by atoms with Crippen molar-refractivity contribution < 1.29 is 9.59 Å². The molecular weight excluding hydrogens is 420 g/mol. The Kier molecular flexibility index (Phi) is 7.43. The Balaban J connectivity index is 1.36. The minimum atomic E-state index is -0.168. The summed E-state index contributed by atoms with van der Waals surface area (Å²) in [6.07, 6.45) is 11.6. The van der Waals surface area contributed by atoms with E-state index in [0.717, 1.165) is 55.4 Å². The lowest BCUT2D eigenvalue weighted by Crippen LogP contribution is -2.37. The maximum Gasteiger partial charge on any atom is 0.275 e. The first-order valence-electron chi connectivity index (χ1n) is 11.5. The zero-order valence-corrected chi connectivity index (χ0v) is 19.2. The number of piperidine rings is 2. The molecule has 1 aromatic heterocycles. The molecule has 0 unspecified atom stereocenters. The zero-order valence-electron chi connectivity index (χ0n) is 18.4. The summed E-state index contributed by atoms with van der Waals surface area (Å²) in [6.45, 7) is 3.49. The summed E-state index contributed by atoms with van der Waals surface area (Å²) >= 11 is 1.54. The van der Waals surface area contributed by atoms with E-state index >= 15 is 0 Å². The smallest absolute Gasteiger partial charge is 0.275 e. The summed E-state index contributed by atoms with van der Waals surface area (Å²) in [5.74, 6) is 2.78. The monoisotopic (exact) mass is 450 g/mol. The van der Waals surface area contributed by atoms with Gasteiger partial charge in [0.2, 0.25) is 5.91 Å². The van der Waals surface area contributed by atoms with Gasteiger partial charge < -0.3 is 15.1 Å². The number of para-hydroxylation sites is 2. The lowest BCUT2D eigenvalue weighted by Gasteiger charge is -2.31. The van der Waals surface area contributed by atoms with Gasteiger partial charge in [-0.15, -0.1) is 23.7 Å². The standard InChI is InChI=1S/C25H30N4O2S/c1-2-3-11-23(30)29-16-12-19(13-17-29)25-27-21(18-32-25)24(31)26-20-9-5-6-10-22(20)28-14-7-4-8-15-28/h1,5-6,9-10,18-19H,3-4,7-8,11-17H2,(H,26,31). The van der Waals surface area contributed by atoms with Crippen LogP contribution in [0.5, 0.6) is 0 Å². The third-order valence-corrected chi connectivity index (χ3v) is 7.29. The number of benzene rings is 1. The van der Waals surface area contributed by atoms with Crippen molar-refractivity contribution in [1.82, 2.24) is 9.88 Å². The maximum atomic E-state index is 12.9. The molecule has 2 saturated heterocycles. The van der Waals surface area contributed by atoms with E-state index in [1.165, 1.54) is 30.6 Å². The summed E-state index contributed by atoms with van der Waals surface area (Å²) in [7, 11) is 0. The summed E-state index contributed by atoms with van der Waals surface area (Å²) in [6, 6.07) is 8.01. The maximum absolute atomic E-state index is 12.9. The fraction of sp³-hybridized carbons (Fsp3) is 0.480. The number of likely N-dealkylation sites (tertiary alicyclic amines) is 1. The first-order valence-corrected chi connectivity index (χ1v) is 12.4. The summed E-state index contributed by atoms with van der Waals surface area (Å²) in [4.78, 5) is 34.0. The van der Waals surface area contributed by atoms with Crippen LogP contribution >= 0.6 is 11.3 Å². The molecular formula is C25H30N4O2S. The van der Waals surface area contributed by atoms with Crippen LogP contribution in [0.25, 0.3) is 0 Å². The number of carbonyl (C=O) groups is 2. The van der Waals surface area contributed by atoms with Gasteiger partial charge in [-0.3, -0.25) is 9.59 Å². The molecule has 0 spiro atoms. The highest BCUT2D eigenvalue weighted by Gasteiger charge is 2.26. The van der Waals surface area contributed by atoms with Gasteiger partial charge in [0, 0.05) is 50.3 Å². The Labute approximate surface area is 194 Å². The summed E-state index contributed by atoms with van der Waals surface area (Å²) in [5.41, 5.74) is 2.39. The highest BCUT2D eigenvalue weighted by atomic mass is 32.1. The molecule has 2 fully saturated rings. The molecule has 0 atom stereocenters. The molecule has 168 valence electrons. The van der Waals surface area contributed by atoms with Gasteiger partial charge >= 0.3 is 0 Å². The summed E-state index contributed by atoms with van der Waals surface area (Å²) < 4.78 is 0. The Hall–Kier alpha value is -2.85. The fourth-order valence-electron chi connectivity index (χ4n) is 4.47. The second-order valence-corrected chi connectivity index (χ2v) is 9.34. The zero-order chi connectivity index (χ0) is 22.3. The van der Waals surface area contributed by atoms with Crippen molar-refractivity contribution in [3.05, 3.63) is 40.3 Å². The van der Waals surface area contributed by atoms with Crippen LogP contribution in [0.15, 0.2) is 29.6 Å². The molecule has 2 amide bonds. The summed E-state index contributed by atoms with van der Waals surface area (Å²) in [5, 5.41) is 5.90. The van der Waals surface area contributed by atoms with Crippen LogP contribution in [0.1, 0.15) is 66.4 Å². The topological polar surface area (TPSA) is 65.5 Å². The van der Waals surface area contributed by atoms with Crippen molar-refractivity contribution in [1.29, 1.82) is 0 Å². The van der Waals surface area contributed by atoms with E-state index in [1.54, 1.807) is 0 Å². The van der Waals surface area contributed by atoms with Crippen LogP contribution in [-0.4, -0.2) is 47.9 Å². The number of aromatic nitrogens is 1. The molecule has 0 bridgehead atoms. The highest BCUT2D eigenvalue weighted by Crippen LogP contribution is 2.32. The number of anilines is 2. The van der Waals surface area contributed by atoms with Crippen molar-refractivity contribution in [2.45, 2.75) is 50.9 Å². The van der Waals surface area contributed by atoms with Gasteiger partial charge in [0.1, 0.15) is 5.69 Å². The third kappa shape index (κ3) is 5.31. The molecule has 7 heteroatoms. The van der Waals surface area contributed by atoms with Crippen LogP contribution in [0, 0.1) is 12.3 Å². The SMILES string of the molecule is C#CCCC(=O)N1CCC(c2nc(C(=O)Nc3ccccc3N3CCCCC3)cs2)CC1. The number of amides is 2. The molecule has 3 heterocycles. The molecule has 0 aliphatic carbocycles. The quantitative estimate of drug-likeness (QED) is 0.658. The third-order valence-electron chi connectivity index (χ3n) is 6.28. The molecule has 4 rings (SSSR count). The van der Waals surface area contributed by atoms with Crippen LogP contribution in [-0.2, 0) is 4.79 Å². The molecule has 2 aromatic rings. The van der Waals surface area contributed by atoms with Crippen LogP contribution in [0.2, 0.25) is 0 Å². The van der Waals surface area contributed by atoms with Gasteiger partial charge in [0.25, 0.3) is 5.91 Å². The molecule has 2 aliphatic rings. The van der Waals surface area contributed by atoms with Crippen molar-refractivity contribution in [3.8, 4) is 12.3 Å². The molecule has 32 heavy (non-hydrogen) atoms. The number of hydrogen-bond acceptors (Lipinski definition) is 5. The molecule has 0 radical (unpaired) electrons. The largest absolute Gasteiger partial charge is 0.370 e. The molecule has 0 saturated carbocycles. The van der Waals surface area contributed by atoms with Crippen molar-refractivity contribution in [3.63, 3.8) is 0 Å². The van der Waals surface area contributed by atoms with Crippen LogP contribution in [0.3, 0.4) is 0 Å². The predicted molar refractivity (Wildman–Crippen MR) is 129 cm³/mol. The average Bonchev–Trinajstić information content (AvgIpc) is 3.34. The lowest BCUT2D eigenvalue weighted by molar-refractivity contribution is -0.132. The number of hydrogen-bond donors (Lipinski definition) is 1. The number of thiazole rings is 1. The number of rotatable bonds is 6. The number of nitrogens with one attached hydrogen (secondary N) is 1. The van der Waals surface area contributed by atoms with Gasteiger partial charge in [-0.25, -0.2) is 4.98 Å². The van der Waals surface area contributed by atoms with Crippen molar-refractivity contribution in [2.24, 2.45) is 0 Å². The van der Waals surface area contributed by atoms with Gasteiger partial charge in [0.05, 0.1) is 16.4 Å². The minimum absolute atomic E-state index is 0.132. The number of nitrogens with zero attached hydrogens (tertiary/aromatic N) is 3. The van der Waals surface area contributed by atoms with Crippen molar-refractivity contribution in [2.75, 3.05) is 36.4 Å². The van der Waals surface area contributed by atoms with Gasteiger partial charge in [-0.05, 0) is 44.2 Å². The van der Waals surface area contributed by atoms with Crippen molar-refractivity contribution >= 4 is 34.5 Å². The first-order chi connectivity index (χ1) is 15.7. The lowest BCUT2D eigenvalue weighted by atomic mass is 9.97. The second kappa shape index (κ2) is 10.6. The first kappa shape index (κ1) is 22.3. The Morgan fingerprint density at radius 1 is 1.12 bits per heavy atom. The van der Waals surface area contributed by atoms with E-state index < -0.39 is 0 Å². The Morgan fingerprint density at radius 3 is 2.62 bits per heavy atom. The van der Waals surface area contributed by atoms with Crippen LogP contribution < -0.4 is 10.2 Å². The molecule has 2 aliphatic heterocycles. The van der Waals surface area contributed by atoms with Gasteiger partial charge in [-0.1, -0.05) is 12.1 Å². The average molecular weight is 451 g/mol. The minimum Gasteiger partial charge on any atom is -0.370 e. The second-order valence-electron chi connectivity index (χ2n) is 8.45. The molecule has 6 nitrogen and oxygen atoms in total. The molecule has 1 N–H and O–H groups in total. The normalized spacial score (nSPS) is 17.1. The van der Waals surface area contributed by atoms with Gasteiger partial charge in [0.15, 0.2) is 0 Å². The van der Waals surface area contributed by atoms with E-state index in [2.05, 4.69) is 27.2 Å². The number of terminal acetylenes is 1. The van der Waals surface area contributed by atoms with E-state index in [0.29, 0.717) is 24.5 Å². The van der Waals surface area contributed by atoms with Crippen LogP contribution in [0.4, 0.5) is 11.4 Å². The Morgan fingerprint density at radius 2 is 1.88 bits per heavy atom. The Bertz CT molecular complexity index is 982. The van der Waals surface area contributed by atoms with E-state index in [9.17, 15) is 9.59 Å². The van der Waals surface area contributed by atoms with Gasteiger partial charge in [-0.2, -0.15) is 0 Å². The predicted octanol–water partition coefficient (Wildman–Crippen LogP) is 4.51. The van der Waals surface area contributed by atoms with E-state index in [4.69, 9.17) is 6.42 Å². The number of carbonyl (C=O) groups excluding carboxylic acids is 2.